The van der Waals surface area contributed by atoms with Crippen LogP contribution in [0.4, 0.5) is 11.4 Å². The number of carbonyl (C=O) groups excluding carboxylic acids is 2. The van der Waals surface area contributed by atoms with E-state index >= 15 is 0 Å². The Morgan fingerprint density at radius 3 is 2.48 bits per heavy atom. The average molecular weight is 426 g/mol. The third-order valence-electron chi connectivity index (χ3n) is 5.90. The zero-order valence-corrected chi connectivity index (χ0v) is 18.9. The Balaban J connectivity index is 1.49. The van der Waals surface area contributed by atoms with Crippen molar-refractivity contribution in [2.45, 2.75) is 19.9 Å². The molecule has 2 aromatic rings. The lowest BCUT2D eigenvalue weighted by Crippen LogP contribution is -3.19. The molecular formula is C24H33N4O3+. The normalized spacial score (nSPS) is 15.3. The Bertz CT molecular complexity index is 892. The minimum Gasteiger partial charge on any atom is -0.497 e. The Morgan fingerprint density at radius 1 is 1.16 bits per heavy atom. The number of carbonyl (C=O) groups is 2. The van der Waals surface area contributed by atoms with Crippen molar-refractivity contribution in [1.29, 1.82) is 0 Å². The van der Waals surface area contributed by atoms with E-state index in [2.05, 4.69) is 16.3 Å². The molecule has 0 aromatic heterocycles. The van der Waals surface area contributed by atoms with Crippen LogP contribution in [0, 0.1) is 6.92 Å². The van der Waals surface area contributed by atoms with E-state index in [0.717, 1.165) is 48.9 Å². The summed E-state index contributed by atoms with van der Waals surface area (Å²) < 4.78 is 5.32. The zero-order valence-electron chi connectivity index (χ0n) is 18.9. The van der Waals surface area contributed by atoms with Crippen LogP contribution in [0.15, 0.2) is 48.5 Å². The number of aryl methyl sites for hydroxylation is 1. The highest BCUT2D eigenvalue weighted by Crippen LogP contribution is 2.20. The van der Waals surface area contributed by atoms with E-state index in [9.17, 15) is 9.59 Å². The molecule has 166 valence electrons. The maximum Gasteiger partial charge on any atom is 0.280 e. The Labute approximate surface area is 184 Å². The van der Waals surface area contributed by atoms with E-state index in [4.69, 9.17) is 4.74 Å². The summed E-state index contributed by atoms with van der Waals surface area (Å²) >= 11 is 0. The molecule has 7 heteroatoms. The van der Waals surface area contributed by atoms with Gasteiger partial charge in [0, 0.05) is 24.5 Å². The van der Waals surface area contributed by atoms with Crippen LogP contribution in [0.2, 0.25) is 0 Å². The second-order valence-electron chi connectivity index (χ2n) is 8.18. The van der Waals surface area contributed by atoms with Crippen molar-refractivity contribution in [3.8, 4) is 5.75 Å². The first kappa shape index (κ1) is 22.6. The van der Waals surface area contributed by atoms with Crippen LogP contribution in [0.25, 0.3) is 0 Å². The molecular weight excluding hydrogens is 392 g/mol. The fraction of sp³-hybridized carbons (Fsp3) is 0.417. The number of ether oxygens (including phenoxy) is 1. The smallest absolute Gasteiger partial charge is 0.280 e. The Hall–Kier alpha value is -3.06. The number of likely N-dealkylation sites (N-methyl/N-ethyl adjacent to an activating group) is 1. The Morgan fingerprint density at radius 2 is 1.84 bits per heavy atom. The number of nitrogens with zero attached hydrogens (tertiary/aromatic N) is 2. The SMILES string of the molecule is COc1cccc(N2CC[NH+]([C@H](C)C(=O)N(C)CC(=O)Nc3ccc(C)cc3)CC2)c1. The molecule has 1 heterocycles. The molecule has 0 unspecified atom stereocenters. The third-order valence-corrected chi connectivity index (χ3v) is 5.90. The van der Waals surface area contributed by atoms with Gasteiger partial charge in [0.05, 0.1) is 39.8 Å². The standard InChI is InChI=1S/C24H32N4O3/c1-18-8-10-20(11-9-18)25-23(29)17-26(3)24(30)19(2)27-12-14-28(15-13-27)21-6-5-7-22(16-21)31-4/h5-11,16,19H,12-15,17H2,1-4H3,(H,25,29)/p+1/t19-/m1/s1. The molecule has 31 heavy (non-hydrogen) atoms. The minimum atomic E-state index is -0.190. The molecule has 0 radical (unpaired) electrons. The third kappa shape index (κ3) is 5.98. The maximum absolute atomic E-state index is 12.9. The highest BCUT2D eigenvalue weighted by atomic mass is 16.5. The molecule has 7 nitrogen and oxygen atoms in total. The van der Waals surface area contributed by atoms with Crippen LogP contribution in [0.5, 0.6) is 5.75 Å². The number of hydrogen-bond donors (Lipinski definition) is 2. The number of piperazine rings is 1. The van der Waals surface area contributed by atoms with Gasteiger partial charge in [-0.3, -0.25) is 9.59 Å². The van der Waals surface area contributed by atoms with Gasteiger partial charge in [-0.05, 0) is 38.1 Å². The van der Waals surface area contributed by atoms with Gasteiger partial charge in [0.25, 0.3) is 5.91 Å². The molecule has 1 fully saturated rings. The molecule has 2 amide bonds. The van der Waals surface area contributed by atoms with Crippen molar-refractivity contribution >= 4 is 23.2 Å². The number of anilines is 2. The first-order chi connectivity index (χ1) is 14.9. The molecule has 1 atom stereocenters. The van der Waals surface area contributed by atoms with Gasteiger partial charge in [-0.1, -0.05) is 23.8 Å². The number of methoxy groups -OCH3 is 1. The molecule has 0 spiro atoms. The van der Waals surface area contributed by atoms with Gasteiger partial charge >= 0.3 is 0 Å². The predicted octanol–water partition coefficient (Wildman–Crippen LogP) is 1.19. The lowest BCUT2D eigenvalue weighted by Gasteiger charge is -2.37. The highest BCUT2D eigenvalue weighted by Gasteiger charge is 2.31. The first-order valence-corrected chi connectivity index (χ1v) is 10.7. The summed E-state index contributed by atoms with van der Waals surface area (Å²) in [4.78, 5) is 30.3. The predicted molar refractivity (Wildman–Crippen MR) is 123 cm³/mol. The first-order valence-electron chi connectivity index (χ1n) is 10.7. The minimum absolute atomic E-state index is 0.0103. The number of rotatable bonds is 7. The van der Waals surface area contributed by atoms with Crippen molar-refractivity contribution in [2.24, 2.45) is 0 Å². The van der Waals surface area contributed by atoms with Crippen LogP contribution in [-0.2, 0) is 9.59 Å². The van der Waals surface area contributed by atoms with E-state index in [-0.39, 0.29) is 24.4 Å². The lowest BCUT2D eigenvalue weighted by molar-refractivity contribution is -0.915. The average Bonchev–Trinajstić information content (AvgIpc) is 2.79. The van der Waals surface area contributed by atoms with E-state index in [0.29, 0.717) is 0 Å². The topological polar surface area (TPSA) is 66.3 Å². The van der Waals surface area contributed by atoms with Crippen molar-refractivity contribution in [3.63, 3.8) is 0 Å². The van der Waals surface area contributed by atoms with Crippen LogP contribution in [0.3, 0.4) is 0 Å². The van der Waals surface area contributed by atoms with Crippen LogP contribution < -0.4 is 19.9 Å². The fourth-order valence-corrected chi connectivity index (χ4v) is 3.93. The second-order valence-corrected chi connectivity index (χ2v) is 8.18. The molecule has 1 saturated heterocycles. The van der Waals surface area contributed by atoms with Crippen molar-refractivity contribution in [1.82, 2.24) is 4.90 Å². The molecule has 1 aliphatic heterocycles. The van der Waals surface area contributed by atoms with E-state index < -0.39 is 0 Å². The summed E-state index contributed by atoms with van der Waals surface area (Å²) in [6.07, 6.45) is 0. The van der Waals surface area contributed by atoms with E-state index in [1.54, 1.807) is 14.2 Å². The monoisotopic (exact) mass is 425 g/mol. The van der Waals surface area contributed by atoms with Crippen LogP contribution >= 0.6 is 0 Å². The molecule has 3 rings (SSSR count). The highest BCUT2D eigenvalue weighted by molar-refractivity contribution is 5.94. The quantitative estimate of drug-likeness (QED) is 0.700. The summed E-state index contributed by atoms with van der Waals surface area (Å²) in [6, 6.07) is 15.5. The Kier molecular flexibility index (Phi) is 7.52. The molecule has 1 aliphatic rings. The van der Waals surface area contributed by atoms with Crippen LogP contribution in [-0.4, -0.2) is 69.6 Å². The van der Waals surface area contributed by atoms with Gasteiger partial charge in [-0.25, -0.2) is 0 Å². The van der Waals surface area contributed by atoms with Gasteiger partial charge in [0.1, 0.15) is 5.75 Å². The van der Waals surface area contributed by atoms with Crippen molar-refractivity contribution in [3.05, 3.63) is 54.1 Å². The fourth-order valence-electron chi connectivity index (χ4n) is 3.93. The maximum atomic E-state index is 12.9. The number of benzene rings is 2. The molecule has 0 bridgehead atoms. The van der Waals surface area contributed by atoms with Gasteiger partial charge in [0.15, 0.2) is 6.04 Å². The number of nitrogens with one attached hydrogen (secondary N) is 2. The molecule has 2 N–H and O–H groups in total. The molecule has 0 aliphatic carbocycles. The summed E-state index contributed by atoms with van der Waals surface area (Å²) in [5.41, 5.74) is 3.01. The van der Waals surface area contributed by atoms with E-state index in [1.165, 1.54) is 9.80 Å². The summed E-state index contributed by atoms with van der Waals surface area (Å²) in [6.45, 7) is 7.47. The van der Waals surface area contributed by atoms with Gasteiger partial charge in [-0.2, -0.15) is 0 Å². The largest absolute Gasteiger partial charge is 0.497 e. The van der Waals surface area contributed by atoms with Crippen LogP contribution in [0.1, 0.15) is 12.5 Å². The summed E-state index contributed by atoms with van der Waals surface area (Å²) in [7, 11) is 3.37. The molecule has 2 aromatic carbocycles. The lowest BCUT2D eigenvalue weighted by atomic mass is 10.2. The molecule has 0 saturated carbocycles. The zero-order chi connectivity index (χ0) is 22.4. The number of quaternary nitrogens is 1. The van der Waals surface area contributed by atoms with Gasteiger partial charge in [0.2, 0.25) is 5.91 Å². The second kappa shape index (κ2) is 10.3. The van der Waals surface area contributed by atoms with E-state index in [1.807, 2.05) is 56.3 Å². The van der Waals surface area contributed by atoms with Gasteiger partial charge < -0.3 is 24.8 Å². The van der Waals surface area contributed by atoms with Crippen molar-refractivity contribution in [2.75, 3.05) is 57.1 Å². The summed E-state index contributed by atoms with van der Waals surface area (Å²) in [5.74, 6) is 0.648. The van der Waals surface area contributed by atoms with Gasteiger partial charge in [-0.15, -0.1) is 0 Å². The number of amides is 2. The van der Waals surface area contributed by atoms with Crippen molar-refractivity contribution < 1.29 is 19.2 Å². The summed E-state index contributed by atoms with van der Waals surface area (Å²) in [5, 5.41) is 2.85. The number of hydrogen-bond acceptors (Lipinski definition) is 4.